The van der Waals surface area contributed by atoms with E-state index in [1.54, 1.807) is 6.07 Å². The Bertz CT molecular complexity index is 464. The van der Waals surface area contributed by atoms with Crippen LogP contribution in [-0.4, -0.2) is 11.9 Å². The Morgan fingerprint density at radius 3 is 2.33 bits per heavy atom. The Labute approximate surface area is 105 Å². The number of hydrogen-bond donors (Lipinski definition) is 0. The molecule has 0 unspecified atom stereocenters. The molecule has 1 aliphatic rings. The quantitative estimate of drug-likeness (QED) is 0.605. The zero-order valence-corrected chi connectivity index (χ0v) is 10.3. The van der Waals surface area contributed by atoms with Crippen molar-refractivity contribution in [3.8, 4) is 0 Å². The van der Waals surface area contributed by atoms with Crippen LogP contribution < -0.4 is 0 Å². The summed E-state index contributed by atoms with van der Waals surface area (Å²) < 4.78 is 15.3. The van der Waals surface area contributed by atoms with Crippen LogP contribution in [0.4, 0.5) is 0 Å². The van der Waals surface area contributed by atoms with Gasteiger partial charge in [-0.15, -0.1) is 0 Å². The molecule has 0 radical (unpaired) electrons. The van der Waals surface area contributed by atoms with E-state index in [0.717, 1.165) is 11.1 Å². The molecule has 0 amide bonds. The number of ether oxygens (including phenoxy) is 3. The van der Waals surface area contributed by atoms with E-state index in [2.05, 4.69) is 0 Å². The second-order valence-electron chi connectivity index (χ2n) is 4.07. The first-order valence-corrected chi connectivity index (χ1v) is 5.60. The average Bonchev–Trinajstić information content (AvgIpc) is 2.73. The van der Waals surface area contributed by atoms with E-state index in [-0.39, 0.29) is 0 Å². The van der Waals surface area contributed by atoms with Crippen molar-refractivity contribution in [2.45, 2.75) is 33.4 Å². The van der Waals surface area contributed by atoms with Crippen molar-refractivity contribution < 1.29 is 23.8 Å². The first kappa shape index (κ1) is 12.6. The second kappa shape index (κ2) is 5.18. The van der Waals surface area contributed by atoms with Crippen LogP contribution in [0.3, 0.4) is 0 Å². The highest BCUT2D eigenvalue weighted by Gasteiger charge is 2.20. The summed E-state index contributed by atoms with van der Waals surface area (Å²) in [6.45, 7) is 3.65. The monoisotopic (exact) mass is 250 g/mol. The van der Waals surface area contributed by atoms with Crippen LogP contribution in [0.15, 0.2) is 18.2 Å². The number of hydrogen-bond acceptors (Lipinski definition) is 5. The third-order valence-corrected chi connectivity index (χ3v) is 2.56. The molecule has 0 spiro atoms. The van der Waals surface area contributed by atoms with Gasteiger partial charge in [0.15, 0.2) is 0 Å². The predicted molar refractivity (Wildman–Crippen MR) is 61.2 cm³/mol. The summed E-state index contributed by atoms with van der Waals surface area (Å²) in [6, 6.07) is 5.49. The van der Waals surface area contributed by atoms with Gasteiger partial charge in [-0.05, 0) is 17.2 Å². The lowest BCUT2D eigenvalue weighted by molar-refractivity contribution is -0.186. The highest BCUT2D eigenvalue weighted by molar-refractivity contribution is 5.68. The number of esters is 2. The highest BCUT2D eigenvalue weighted by Crippen LogP contribution is 2.26. The Morgan fingerprint density at radius 2 is 1.72 bits per heavy atom. The van der Waals surface area contributed by atoms with Gasteiger partial charge in [-0.1, -0.05) is 12.1 Å². The van der Waals surface area contributed by atoms with Crippen molar-refractivity contribution in [3.05, 3.63) is 34.9 Å². The summed E-state index contributed by atoms with van der Waals surface area (Å²) in [5.74, 6) is -1.00. The third-order valence-electron chi connectivity index (χ3n) is 2.56. The number of carbonyl (C=O) groups excluding carboxylic acids is 2. The Kier molecular flexibility index (Phi) is 3.62. The van der Waals surface area contributed by atoms with Crippen LogP contribution in [0.1, 0.15) is 36.8 Å². The fraction of sp³-hybridized carbons (Fsp3) is 0.385. The van der Waals surface area contributed by atoms with Crippen LogP contribution in [0, 0.1) is 0 Å². The minimum absolute atomic E-state index is 0.502. The van der Waals surface area contributed by atoms with Gasteiger partial charge >= 0.3 is 11.9 Å². The summed E-state index contributed by atoms with van der Waals surface area (Å²) in [7, 11) is 0. The average molecular weight is 250 g/mol. The summed E-state index contributed by atoms with van der Waals surface area (Å²) >= 11 is 0. The molecule has 0 fully saturated rings. The molecule has 0 N–H and O–H groups in total. The van der Waals surface area contributed by atoms with E-state index in [4.69, 9.17) is 14.2 Å². The maximum Gasteiger partial charge on any atom is 0.305 e. The molecule has 0 atom stereocenters. The fourth-order valence-corrected chi connectivity index (χ4v) is 1.80. The van der Waals surface area contributed by atoms with Crippen LogP contribution in [-0.2, 0) is 37.0 Å². The van der Waals surface area contributed by atoms with E-state index in [1.165, 1.54) is 13.8 Å². The molecule has 0 saturated carbocycles. The van der Waals surface area contributed by atoms with Crippen LogP contribution >= 0.6 is 0 Å². The lowest BCUT2D eigenvalue weighted by Crippen LogP contribution is -2.15. The van der Waals surface area contributed by atoms with Gasteiger partial charge in [-0.2, -0.15) is 0 Å². The van der Waals surface area contributed by atoms with Gasteiger partial charge in [-0.25, -0.2) is 0 Å². The Balaban J connectivity index is 2.24. The minimum atomic E-state index is -0.995. The summed E-state index contributed by atoms with van der Waals surface area (Å²) in [6.07, 6.45) is -0.995. The van der Waals surface area contributed by atoms with Gasteiger partial charge in [0.05, 0.1) is 13.2 Å². The molecule has 5 heteroatoms. The van der Waals surface area contributed by atoms with Crippen molar-refractivity contribution in [1.29, 1.82) is 0 Å². The molecule has 1 aromatic carbocycles. The molecule has 0 bridgehead atoms. The molecular formula is C13H14O5. The predicted octanol–water partition coefficient (Wildman–Crippen LogP) is 1.84. The molecule has 0 aliphatic carbocycles. The molecule has 0 saturated heterocycles. The summed E-state index contributed by atoms with van der Waals surface area (Å²) in [5.41, 5.74) is 2.75. The molecule has 2 rings (SSSR count). The molecule has 18 heavy (non-hydrogen) atoms. The maximum atomic E-state index is 11.0. The summed E-state index contributed by atoms with van der Waals surface area (Å²) in [5, 5.41) is 0. The van der Waals surface area contributed by atoms with Crippen molar-refractivity contribution in [1.82, 2.24) is 0 Å². The van der Waals surface area contributed by atoms with Gasteiger partial charge in [0.1, 0.15) is 0 Å². The first-order chi connectivity index (χ1) is 8.56. The van der Waals surface area contributed by atoms with Gasteiger partial charge in [0.2, 0.25) is 0 Å². The maximum absolute atomic E-state index is 11.0. The zero-order chi connectivity index (χ0) is 13.1. The molecule has 1 aromatic rings. The number of benzene rings is 1. The van der Waals surface area contributed by atoms with E-state index >= 15 is 0 Å². The van der Waals surface area contributed by atoms with Gasteiger partial charge < -0.3 is 14.2 Å². The lowest BCUT2D eigenvalue weighted by Gasteiger charge is -2.17. The van der Waals surface area contributed by atoms with Gasteiger partial charge in [0, 0.05) is 19.4 Å². The van der Waals surface area contributed by atoms with Crippen molar-refractivity contribution in [3.63, 3.8) is 0 Å². The molecule has 0 aromatic heterocycles. The van der Waals surface area contributed by atoms with E-state index in [0.29, 0.717) is 18.8 Å². The van der Waals surface area contributed by atoms with Crippen LogP contribution in [0.25, 0.3) is 0 Å². The zero-order valence-electron chi connectivity index (χ0n) is 10.3. The Hall–Kier alpha value is -1.88. The van der Waals surface area contributed by atoms with Crippen molar-refractivity contribution >= 4 is 11.9 Å². The molecule has 96 valence electrons. The third kappa shape index (κ3) is 2.87. The topological polar surface area (TPSA) is 61.8 Å². The van der Waals surface area contributed by atoms with Gasteiger partial charge in [0.25, 0.3) is 6.29 Å². The molecule has 5 nitrogen and oxygen atoms in total. The minimum Gasteiger partial charge on any atom is -0.421 e. The molecule has 1 aliphatic heterocycles. The number of fused-ring (bicyclic) bond motifs is 1. The van der Waals surface area contributed by atoms with E-state index in [1.807, 2.05) is 12.1 Å². The van der Waals surface area contributed by atoms with E-state index < -0.39 is 18.2 Å². The largest absolute Gasteiger partial charge is 0.421 e. The second-order valence-corrected chi connectivity index (χ2v) is 4.07. The lowest BCUT2D eigenvalue weighted by atomic mass is 10.1. The number of rotatable bonds is 3. The van der Waals surface area contributed by atoms with Crippen molar-refractivity contribution in [2.24, 2.45) is 0 Å². The first-order valence-electron chi connectivity index (χ1n) is 5.60. The number of carbonyl (C=O) groups is 2. The Morgan fingerprint density at radius 1 is 1.11 bits per heavy atom. The van der Waals surface area contributed by atoms with Crippen LogP contribution in [0.5, 0.6) is 0 Å². The van der Waals surface area contributed by atoms with Crippen molar-refractivity contribution in [2.75, 3.05) is 0 Å². The standard InChI is InChI=1S/C13H14O5/c1-8(14)17-13(18-9(2)15)10-3-4-11-6-16-7-12(11)5-10/h3-5,13H,6-7H2,1-2H3. The molecule has 1 heterocycles. The van der Waals surface area contributed by atoms with E-state index in [9.17, 15) is 9.59 Å². The fourth-order valence-electron chi connectivity index (χ4n) is 1.80. The SMILES string of the molecule is CC(=O)OC(OC(C)=O)c1ccc2c(c1)COC2. The molecular weight excluding hydrogens is 236 g/mol. The van der Waals surface area contributed by atoms with Crippen LogP contribution in [0.2, 0.25) is 0 Å². The highest BCUT2D eigenvalue weighted by atomic mass is 16.7. The normalized spacial score (nSPS) is 13.3. The van der Waals surface area contributed by atoms with Gasteiger partial charge in [-0.3, -0.25) is 9.59 Å². The summed E-state index contributed by atoms with van der Waals surface area (Å²) in [4.78, 5) is 22.0. The smallest absolute Gasteiger partial charge is 0.305 e.